The fourth-order valence-corrected chi connectivity index (χ4v) is 3.85. The summed E-state index contributed by atoms with van der Waals surface area (Å²) in [5.74, 6) is 0.749. The van der Waals surface area contributed by atoms with E-state index in [1.165, 1.54) is 0 Å². The number of anilines is 1. The van der Waals surface area contributed by atoms with Crippen LogP contribution in [0.25, 0.3) is 11.3 Å². The van der Waals surface area contributed by atoms with E-state index >= 15 is 0 Å². The number of amides is 1. The van der Waals surface area contributed by atoms with Gasteiger partial charge in [-0.15, -0.1) is 0 Å². The van der Waals surface area contributed by atoms with E-state index in [4.69, 9.17) is 9.26 Å². The summed E-state index contributed by atoms with van der Waals surface area (Å²) in [5, 5.41) is 4.44. The topological polar surface area (TPSA) is 58.8 Å². The van der Waals surface area contributed by atoms with Gasteiger partial charge in [0.2, 0.25) is 5.88 Å². The van der Waals surface area contributed by atoms with Gasteiger partial charge in [-0.25, -0.2) is 0 Å². The van der Waals surface area contributed by atoms with Gasteiger partial charge in [-0.1, -0.05) is 60.6 Å². The number of carbonyl (C=O) groups is 1. The van der Waals surface area contributed by atoms with Crippen LogP contribution in [0.1, 0.15) is 36.2 Å². The normalized spacial score (nSPS) is 15.0. The molecule has 1 amide bonds. The Bertz CT molecular complexity index is 982. The van der Waals surface area contributed by atoms with Crippen LogP contribution in [0.2, 0.25) is 0 Å². The molecule has 0 saturated carbocycles. The number of rotatable bonds is 7. The molecular weight excluding hydrogens is 390 g/mol. The minimum atomic E-state index is 0.0167. The van der Waals surface area contributed by atoms with E-state index in [1.54, 1.807) is 0 Å². The fourth-order valence-electron chi connectivity index (χ4n) is 3.85. The Kier molecular flexibility index (Phi) is 6.67. The fraction of sp³-hybridized carbons (Fsp3) is 0.360. The zero-order valence-corrected chi connectivity index (χ0v) is 18.2. The Morgan fingerprint density at radius 3 is 2.35 bits per heavy atom. The van der Waals surface area contributed by atoms with Crippen LogP contribution in [0.5, 0.6) is 0 Å². The molecule has 1 atom stereocenters. The summed E-state index contributed by atoms with van der Waals surface area (Å²) in [6, 6.07) is 19.5. The van der Waals surface area contributed by atoms with E-state index in [-0.39, 0.29) is 11.9 Å². The molecule has 6 nitrogen and oxygen atoms in total. The molecule has 3 aromatic rings. The quantitative estimate of drug-likeness (QED) is 0.559. The number of ether oxygens (including phenoxy) is 1. The van der Waals surface area contributed by atoms with Gasteiger partial charge < -0.3 is 19.1 Å². The first kappa shape index (κ1) is 21.1. The Morgan fingerprint density at radius 2 is 1.71 bits per heavy atom. The maximum Gasteiger partial charge on any atom is 0.254 e. The second-order valence-corrected chi connectivity index (χ2v) is 7.84. The lowest BCUT2D eigenvalue weighted by Gasteiger charge is -2.31. The summed E-state index contributed by atoms with van der Waals surface area (Å²) in [6.07, 6.45) is 0.859. The summed E-state index contributed by atoms with van der Waals surface area (Å²) >= 11 is 0. The molecule has 1 aliphatic rings. The number of aromatic nitrogens is 1. The predicted octanol–water partition coefficient (Wildman–Crippen LogP) is 4.62. The van der Waals surface area contributed by atoms with Crippen molar-refractivity contribution in [2.24, 2.45) is 0 Å². The van der Waals surface area contributed by atoms with Gasteiger partial charge in [-0.3, -0.25) is 4.79 Å². The zero-order chi connectivity index (χ0) is 21.6. The van der Waals surface area contributed by atoms with Crippen LogP contribution in [0.3, 0.4) is 0 Å². The minimum absolute atomic E-state index is 0.0167. The molecule has 1 fully saturated rings. The molecule has 2 heterocycles. The molecule has 1 aromatic heterocycles. The first-order valence-corrected chi connectivity index (χ1v) is 10.9. The number of benzene rings is 2. The second kappa shape index (κ2) is 9.79. The lowest BCUT2D eigenvalue weighted by Crippen LogP contribution is -2.39. The highest BCUT2D eigenvalue weighted by Crippen LogP contribution is 2.33. The lowest BCUT2D eigenvalue weighted by atomic mass is 10.0. The summed E-state index contributed by atoms with van der Waals surface area (Å²) in [6.45, 7) is 7.41. The highest BCUT2D eigenvalue weighted by Gasteiger charge is 2.29. The van der Waals surface area contributed by atoms with Crippen molar-refractivity contribution in [3.8, 4) is 11.3 Å². The zero-order valence-electron chi connectivity index (χ0n) is 18.2. The molecule has 1 unspecified atom stereocenters. The number of morpholine rings is 1. The largest absolute Gasteiger partial charge is 0.378 e. The van der Waals surface area contributed by atoms with Crippen molar-refractivity contribution >= 4 is 11.8 Å². The molecule has 0 bridgehead atoms. The summed E-state index contributed by atoms with van der Waals surface area (Å²) in [4.78, 5) is 17.5. The number of carbonyl (C=O) groups excluding carboxylic acids is 1. The van der Waals surface area contributed by atoms with Crippen molar-refractivity contribution < 1.29 is 14.1 Å². The molecule has 4 rings (SSSR count). The summed E-state index contributed by atoms with van der Waals surface area (Å²) < 4.78 is 11.4. The average molecular weight is 420 g/mol. The first-order valence-electron chi connectivity index (χ1n) is 10.9. The van der Waals surface area contributed by atoms with Crippen molar-refractivity contribution in [2.75, 3.05) is 31.2 Å². The van der Waals surface area contributed by atoms with Crippen LogP contribution in [0, 0.1) is 0 Å². The van der Waals surface area contributed by atoms with Gasteiger partial charge in [0, 0.05) is 30.3 Å². The van der Waals surface area contributed by atoms with Gasteiger partial charge in [0.05, 0.1) is 25.3 Å². The average Bonchev–Trinajstić information content (AvgIpc) is 3.27. The standard InChI is InChI=1S/C25H29N3O3/c1-3-19(2)28(24(29)21-12-8-5-9-13-21)18-22-23(20-10-6-4-7-11-20)26-31-25(22)27-14-16-30-17-15-27/h4-13,19H,3,14-18H2,1-2H3. The molecular formula is C25H29N3O3. The van der Waals surface area contributed by atoms with Crippen molar-refractivity contribution in [3.05, 3.63) is 71.8 Å². The molecule has 0 spiro atoms. The highest BCUT2D eigenvalue weighted by atomic mass is 16.5. The predicted molar refractivity (Wildman–Crippen MR) is 121 cm³/mol. The molecule has 1 aliphatic heterocycles. The first-order chi connectivity index (χ1) is 15.2. The van der Waals surface area contributed by atoms with Gasteiger partial charge in [-0.2, -0.15) is 0 Å². The third kappa shape index (κ3) is 4.64. The Hall–Kier alpha value is -3.12. The number of nitrogens with zero attached hydrogens (tertiary/aromatic N) is 3. The van der Waals surface area contributed by atoms with Crippen LogP contribution in [0.4, 0.5) is 5.88 Å². The third-order valence-corrected chi connectivity index (χ3v) is 5.85. The van der Waals surface area contributed by atoms with Gasteiger partial charge in [0.15, 0.2) is 0 Å². The molecule has 162 valence electrons. The van der Waals surface area contributed by atoms with Gasteiger partial charge in [-0.05, 0) is 25.5 Å². The van der Waals surface area contributed by atoms with E-state index < -0.39 is 0 Å². The molecule has 0 aliphatic carbocycles. The third-order valence-electron chi connectivity index (χ3n) is 5.85. The molecule has 0 radical (unpaired) electrons. The van der Waals surface area contributed by atoms with E-state index in [0.29, 0.717) is 25.3 Å². The lowest BCUT2D eigenvalue weighted by molar-refractivity contribution is 0.0671. The maximum absolute atomic E-state index is 13.4. The van der Waals surface area contributed by atoms with Crippen LogP contribution in [0.15, 0.2) is 65.2 Å². The van der Waals surface area contributed by atoms with Crippen molar-refractivity contribution in [1.82, 2.24) is 10.1 Å². The molecule has 2 aromatic carbocycles. The SMILES string of the molecule is CCC(C)N(Cc1c(-c2ccccc2)noc1N1CCOCC1)C(=O)c1ccccc1. The van der Waals surface area contributed by atoms with Crippen LogP contribution < -0.4 is 4.90 Å². The second-order valence-electron chi connectivity index (χ2n) is 7.84. The van der Waals surface area contributed by atoms with Crippen molar-refractivity contribution in [1.29, 1.82) is 0 Å². The molecule has 6 heteroatoms. The summed E-state index contributed by atoms with van der Waals surface area (Å²) in [7, 11) is 0. The van der Waals surface area contributed by atoms with Gasteiger partial charge in [0.1, 0.15) is 5.69 Å². The molecule has 31 heavy (non-hydrogen) atoms. The van der Waals surface area contributed by atoms with Crippen LogP contribution in [-0.4, -0.2) is 48.3 Å². The minimum Gasteiger partial charge on any atom is -0.378 e. The van der Waals surface area contributed by atoms with Crippen molar-refractivity contribution in [2.45, 2.75) is 32.9 Å². The Morgan fingerprint density at radius 1 is 1.06 bits per heavy atom. The maximum atomic E-state index is 13.4. The van der Waals surface area contributed by atoms with Gasteiger partial charge >= 0.3 is 0 Å². The Balaban J connectivity index is 1.74. The van der Waals surface area contributed by atoms with E-state index in [1.807, 2.05) is 65.6 Å². The van der Waals surface area contributed by atoms with E-state index in [9.17, 15) is 4.79 Å². The van der Waals surface area contributed by atoms with Gasteiger partial charge in [0.25, 0.3) is 5.91 Å². The van der Waals surface area contributed by atoms with Crippen LogP contribution in [-0.2, 0) is 11.3 Å². The number of hydrogen-bond donors (Lipinski definition) is 0. The Labute approximate surface area is 183 Å². The van der Waals surface area contributed by atoms with E-state index in [2.05, 4.69) is 23.9 Å². The molecule has 0 N–H and O–H groups in total. The molecule has 1 saturated heterocycles. The van der Waals surface area contributed by atoms with E-state index in [0.717, 1.165) is 42.2 Å². The summed E-state index contributed by atoms with van der Waals surface area (Å²) in [5.41, 5.74) is 3.40. The smallest absolute Gasteiger partial charge is 0.254 e. The van der Waals surface area contributed by atoms with Crippen LogP contribution >= 0.6 is 0 Å². The highest BCUT2D eigenvalue weighted by molar-refractivity contribution is 5.94. The van der Waals surface area contributed by atoms with Crippen molar-refractivity contribution in [3.63, 3.8) is 0 Å². The monoisotopic (exact) mass is 419 g/mol. The number of hydrogen-bond acceptors (Lipinski definition) is 5.